The molecule has 1 aliphatic rings. The van der Waals surface area contributed by atoms with Gasteiger partial charge in [0.15, 0.2) is 5.43 Å². The average molecular weight is 349 g/mol. The molecule has 0 spiro atoms. The molecule has 1 unspecified atom stereocenters. The summed E-state index contributed by atoms with van der Waals surface area (Å²) in [5, 5.41) is 0.581. The fourth-order valence-electron chi connectivity index (χ4n) is 3.47. The van der Waals surface area contributed by atoms with Crippen LogP contribution < -0.4 is 10.2 Å². The second-order valence-corrected chi connectivity index (χ2v) is 6.97. The van der Waals surface area contributed by atoms with Crippen LogP contribution in [0.3, 0.4) is 0 Å². The van der Waals surface area contributed by atoms with Crippen LogP contribution in [0.1, 0.15) is 19.3 Å². The molecule has 4 nitrogen and oxygen atoms in total. The van der Waals surface area contributed by atoms with E-state index in [-0.39, 0.29) is 11.5 Å². The summed E-state index contributed by atoms with van der Waals surface area (Å²) in [6.07, 6.45) is 3.42. The molecule has 4 rings (SSSR count). The number of hydrogen-bond donors (Lipinski definition) is 0. The van der Waals surface area contributed by atoms with Crippen LogP contribution in [0.2, 0.25) is 0 Å². The third kappa shape index (κ3) is 3.65. The molecule has 0 N–H and O–H groups in total. The predicted octanol–water partition coefficient (Wildman–Crippen LogP) is 4.32. The second-order valence-electron chi connectivity index (χ2n) is 6.97. The zero-order valence-corrected chi connectivity index (χ0v) is 15.0. The van der Waals surface area contributed by atoms with Crippen molar-refractivity contribution in [3.8, 4) is 17.1 Å². The minimum Gasteiger partial charge on any atom is -0.490 e. The summed E-state index contributed by atoms with van der Waals surface area (Å²) in [5.41, 5.74) is 1.43. The molecule has 0 aliphatic carbocycles. The van der Waals surface area contributed by atoms with E-state index in [1.54, 1.807) is 12.1 Å². The van der Waals surface area contributed by atoms with E-state index >= 15 is 0 Å². The van der Waals surface area contributed by atoms with Crippen molar-refractivity contribution in [2.24, 2.45) is 0 Å². The molecule has 0 amide bonds. The number of fused-ring (bicyclic) bond motifs is 1. The molecule has 1 aromatic heterocycles. The summed E-state index contributed by atoms with van der Waals surface area (Å²) in [7, 11) is 2.15. The van der Waals surface area contributed by atoms with Crippen molar-refractivity contribution in [1.29, 1.82) is 0 Å². The number of rotatable bonds is 3. The minimum atomic E-state index is -0.0345. The van der Waals surface area contributed by atoms with Crippen molar-refractivity contribution < 1.29 is 9.15 Å². The fraction of sp³-hybridized carbons (Fsp3) is 0.318. The van der Waals surface area contributed by atoms with Gasteiger partial charge in [-0.25, -0.2) is 0 Å². The molecule has 0 radical (unpaired) electrons. The lowest BCUT2D eigenvalue weighted by Gasteiger charge is -2.17. The predicted molar refractivity (Wildman–Crippen MR) is 104 cm³/mol. The Bertz CT molecular complexity index is 949. The normalized spacial score (nSPS) is 18.6. The molecule has 1 aliphatic heterocycles. The maximum Gasteiger partial charge on any atom is 0.193 e. The zero-order chi connectivity index (χ0) is 17.9. The van der Waals surface area contributed by atoms with Crippen molar-refractivity contribution in [3.63, 3.8) is 0 Å². The Morgan fingerprint density at radius 3 is 2.73 bits per heavy atom. The molecule has 2 heterocycles. The molecule has 134 valence electrons. The molecule has 2 aromatic carbocycles. The Labute approximate surface area is 153 Å². The zero-order valence-electron chi connectivity index (χ0n) is 15.0. The highest BCUT2D eigenvalue weighted by atomic mass is 16.5. The molecule has 4 heteroatoms. The first-order valence-corrected chi connectivity index (χ1v) is 9.17. The van der Waals surface area contributed by atoms with Crippen LogP contribution >= 0.6 is 0 Å². The van der Waals surface area contributed by atoms with E-state index in [0.717, 1.165) is 43.7 Å². The van der Waals surface area contributed by atoms with E-state index in [1.807, 2.05) is 42.5 Å². The van der Waals surface area contributed by atoms with Gasteiger partial charge in [0, 0.05) is 24.2 Å². The first kappa shape index (κ1) is 16.9. The van der Waals surface area contributed by atoms with Gasteiger partial charge in [0.2, 0.25) is 0 Å². The number of benzene rings is 2. The molecule has 1 saturated heterocycles. The highest BCUT2D eigenvalue weighted by molar-refractivity contribution is 5.80. The minimum absolute atomic E-state index is 0.0345. The summed E-state index contributed by atoms with van der Waals surface area (Å²) in [4.78, 5) is 14.8. The van der Waals surface area contributed by atoms with Crippen LogP contribution in [0, 0.1) is 0 Å². The van der Waals surface area contributed by atoms with E-state index in [2.05, 4.69) is 11.9 Å². The average Bonchev–Trinajstić information content (AvgIpc) is 2.86. The van der Waals surface area contributed by atoms with Crippen molar-refractivity contribution >= 4 is 11.0 Å². The maximum absolute atomic E-state index is 12.4. The largest absolute Gasteiger partial charge is 0.490 e. The topological polar surface area (TPSA) is 42.7 Å². The molecule has 1 atom stereocenters. The monoisotopic (exact) mass is 349 g/mol. The lowest BCUT2D eigenvalue weighted by atomic mass is 10.1. The van der Waals surface area contributed by atoms with Gasteiger partial charge in [-0.2, -0.15) is 0 Å². The van der Waals surface area contributed by atoms with Gasteiger partial charge in [0.05, 0.1) is 11.5 Å². The molecule has 0 bridgehead atoms. The van der Waals surface area contributed by atoms with Crippen molar-refractivity contribution in [3.05, 3.63) is 64.8 Å². The van der Waals surface area contributed by atoms with Crippen LogP contribution in [0.15, 0.2) is 63.8 Å². The first-order chi connectivity index (χ1) is 12.7. The third-order valence-corrected chi connectivity index (χ3v) is 4.96. The number of nitrogens with zero attached hydrogens (tertiary/aromatic N) is 1. The SMILES string of the molecule is CN1CCCC(Oc2ccc3c(=O)cc(-c4ccccc4)oc3c2)CC1. The van der Waals surface area contributed by atoms with E-state index in [1.165, 1.54) is 0 Å². The lowest BCUT2D eigenvalue weighted by Crippen LogP contribution is -2.21. The van der Waals surface area contributed by atoms with E-state index in [4.69, 9.17) is 9.15 Å². The summed E-state index contributed by atoms with van der Waals surface area (Å²) in [6, 6.07) is 16.8. The van der Waals surface area contributed by atoms with Crippen molar-refractivity contribution in [2.75, 3.05) is 20.1 Å². The number of likely N-dealkylation sites (tertiary alicyclic amines) is 1. The summed E-state index contributed by atoms with van der Waals surface area (Å²) >= 11 is 0. The summed E-state index contributed by atoms with van der Waals surface area (Å²) < 4.78 is 12.2. The van der Waals surface area contributed by atoms with Gasteiger partial charge in [-0.05, 0) is 45.0 Å². The van der Waals surface area contributed by atoms with Crippen LogP contribution in [-0.4, -0.2) is 31.1 Å². The van der Waals surface area contributed by atoms with E-state index in [0.29, 0.717) is 16.7 Å². The number of ether oxygens (including phenoxy) is 1. The van der Waals surface area contributed by atoms with Crippen LogP contribution in [0.5, 0.6) is 5.75 Å². The van der Waals surface area contributed by atoms with Gasteiger partial charge in [0.25, 0.3) is 0 Å². The number of hydrogen-bond acceptors (Lipinski definition) is 4. The van der Waals surface area contributed by atoms with Gasteiger partial charge in [-0.3, -0.25) is 4.79 Å². The summed E-state index contributed by atoms with van der Waals surface area (Å²) in [5.74, 6) is 1.34. The van der Waals surface area contributed by atoms with Crippen LogP contribution in [0.25, 0.3) is 22.3 Å². The summed E-state index contributed by atoms with van der Waals surface area (Å²) in [6.45, 7) is 2.17. The maximum atomic E-state index is 12.4. The van der Waals surface area contributed by atoms with Gasteiger partial charge in [0.1, 0.15) is 17.1 Å². The third-order valence-electron chi connectivity index (χ3n) is 4.96. The van der Waals surface area contributed by atoms with Gasteiger partial charge in [-0.1, -0.05) is 30.3 Å². The van der Waals surface area contributed by atoms with Gasteiger partial charge >= 0.3 is 0 Å². The van der Waals surface area contributed by atoms with Crippen molar-refractivity contribution in [2.45, 2.75) is 25.4 Å². The standard InChI is InChI=1S/C22H23NO3/c1-23-12-5-8-17(11-13-23)25-18-9-10-19-20(24)15-21(26-22(19)14-18)16-6-3-2-4-7-16/h2-4,6-7,9-10,14-15,17H,5,8,11-13H2,1H3. The van der Waals surface area contributed by atoms with Crippen molar-refractivity contribution in [1.82, 2.24) is 4.90 Å². The first-order valence-electron chi connectivity index (χ1n) is 9.17. The van der Waals surface area contributed by atoms with Crippen LogP contribution in [0.4, 0.5) is 0 Å². The Balaban J connectivity index is 1.64. The molecular formula is C22H23NO3. The molecule has 1 fully saturated rings. The fourth-order valence-corrected chi connectivity index (χ4v) is 3.47. The molecule has 26 heavy (non-hydrogen) atoms. The Morgan fingerprint density at radius 1 is 1.04 bits per heavy atom. The molecule has 0 saturated carbocycles. The molecular weight excluding hydrogens is 326 g/mol. The quantitative estimate of drug-likeness (QED) is 0.706. The Morgan fingerprint density at radius 2 is 1.88 bits per heavy atom. The van der Waals surface area contributed by atoms with E-state index < -0.39 is 0 Å². The lowest BCUT2D eigenvalue weighted by molar-refractivity contribution is 0.183. The van der Waals surface area contributed by atoms with Crippen LogP contribution in [-0.2, 0) is 0 Å². The smallest absolute Gasteiger partial charge is 0.193 e. The van der Waals surface area contributed by atoms with Gasteiger partial charge < -0.3 is 14.1 Å². The Hall–Kier alpha value is -2.59. The highest BCUT2D eigenvalue weighted by Gasteiger charge is 2.17. The van der Waals surface area contributed by atoms with Gasteiger partial charge in [-0.15, -0.1) is 0 Å². The Kier molecular flexibility index (Phi) is 4.76. The highest BCUT2D eigenvalue weighted by Crippen LogP contribution is 2.26. The second kappa shape index (κ2) is 7.34. The molecule has 3 aromatic rings. The van der Waals surface area contributed by atoms with E-state index in [9.17, 15) is 4.79 Å².